The molecule has 1 rings (SSSR count). The summed E-state index contributed by atoms with van der Waals surface area (Å²) >= 11 is 0. The normalized spacial score (nSPS) is 22.3. The van der Waals surface area contributed by atoms with E-state index in [4.69, 9.17) is 9.47 Å². The predicted molar refractivity (Wildman–Crippen MR) is 86.3 cm³/mol. The van der Waals surface area contributed by atoms with Crippen molar-refractivity contribution in [1.29, 1.82) is 0 Å². The molecule has 0 aromatic rings. The maximum atomic E-state index is 12.3. The Labute approximate surface area is 134 Å². The SMILES string of the molecule is CCCCCC1CCCC1C(CC(=O)OCC)C(=O)OCC. The van der Waals surface area contributed by atoms with Crippen LogP contribution in [0.5, 0.6) is 0 Å². The summed E-state index contributed by atoms with van der Waals surface area (Å²) in [4.78, 5) is 24.2. The maximum Gasteiger partial charge on any atom is 0.309 e. The average Bonchev–Trinajstić information content (AvgIpc) is 2.94. The molecule has 128 valence electrons. The number of unbranched alkanes of at least 4 members (excludes halogenated alkanes) is 2. The van der Waals surface area contributed by atoms with Gasteiger partial charge in [0.15, 0.2) is 0 Å². The summed E-state index contributed by atoms with van der Waals surface area (Å²) in [5.41, 5.74) is 0. The number of hydrogen-bond donors (Lipinski definition) is 0. The van der Waals surface area contributed by atoms with Crippen LogP contribution in [0.2, 0.25) is 0 Å². The summed E-state index contributed by atoms with van der Waals surface area (Å²) in [5, 5.41) is 0. The smallest absolute Gasteiger partial charge is 0.309 e. The van der Waals surface area contributed by atoms with E-state index in [1.807, 2.05) is 6.92 Å². The van der Waals surface area contributed by atoms with Crippen LogP contribution in [0.15, 0.2) is 0 Å². The summed E-state index contributed by atoms with van der Waals surface area (Å²) in [7, 11) is 0. The Morgan fingerprint density at radius 3 is 2.41 bits per heavy atom. The van der Waals surface area contributed by atoms with Gasteiger partial charge in [0.25, 0.3) is 0 Å². The van der Waals surface area contributed by atoms with E-state index in [1.165, 1.54) is 25.7 Å². The van der Waals surface area contributed by atoms with Crippen LogP contribution in [0.1, 0.15) is 72.1 Å². The van der Waals surface area contributed by atoms with Gasteiger partial charge in [-0.05, 0) is 32.1 Å². The van der Waals surface area contributed by atoms with E-state index in [1.54, 1.807) is 6.92 Å². The molecule has 22 heavy (non-hydrogen) atoms. The minimum Gasteiger partial charge on any atom is -0.466 e. The lowest BCUT2D eigenvalue weighted by Gasteiger charge is -2.26. The van der Waals surface area contributed by atoms with E-state index >= 15 is 0 Å². The quantitative estimate of drug-likeness (QED) is 0.450. The summed E-state index contributed by atoms with van der Waals surface area (Å²) in [5.74, 6) is 0.00604. The molecule has 0 bridgehead atoms. The van der Waals surface area contributed by atoms with Crippen LogP contribution in [0.4, 0.5) is 0 Å². The first-order valence-corrected chi connectivity index (χ1v) is 8.96. The van der Waals surface area contributed by atoms with Crippen LogP contribution in [0, 0.1) is 17.8 Å². The average molecular weight is 312 g/mol. The zero-order valence-corrected chi connectivity index (χ0v) is 14.4. The largest absolute Gasteiger partial charge is 0.466 e. The molecule has 0 saturated heterocycles. The van der Waals surface area contributed by atoms with Gasteiger partial charge in [0.05, 0.1) is 25.6 Å². The van der Waals surface area contributed by atoms with Crippen molar-refractivity contribution in [2.24, 2.45) is 17.8 Å². The Balaban J connectivity index is 2.70. The van der Waals surface area contributed by atoms with Gasteiger partial charge < -0.3 is 9.47 Å². The molecule has 0 aromatic carbocycles. The molecule has 0 heterocycles. The number of ether oxygens (including phenoxy) is 2. The van der Waals surface area contributed by atoms with E-state index in [-0.39, 0.29) is 30.2 Å². The van der Waals surface area contributed by atoms with E-state index in [9.17, 15) is 9.59 Å². The van der Waals surface area contributed by atoms with Crippen LogP contribution in [-0.2, 0) is 19.1 Å². The molecule has 0 aliphatic heterocycles. The minimum absolute atomic E-state index is 0.168. The molecule has 3 atom stereocenters. The lowest BCUT2D eigenvalue weighted by atomic mass is 9.79. The first kappa shape index (κ1) is 19.0. The van der Waals surface area contributed by atoms with Gasteiger partial charge in [-0.25, -0.2) is 0 Å². The third-order valence-corrected chi connectivity index (χ3v) is 4.69. The van der Waals surface area contributed by atoms with E-state index in [2.05, 4.69) is 6.92 Å². The van der Waals surface area contributed by atoms with Gasteiger partial charge in [-0.15, -0.1) is 0 Å². The van der Waals surface area contributed by atoms with Crippen molar-refractivity contribution in [2.45, 2.75) is 72.1 Å². The fourth-order valence-corrected chi connectivity index (χ4v) is 3.67. The van der Waals surface area contributed by atoms with Gasteiger partial charge >= 0.3 is 11.9 Å². The van der Waals surface area contributed by atoms with Crippen molar-refractivity contribution in [2.75, 3.05) is 13.2 Å². The Kier molecular flexibility index (Phi) is 9.17. The van der Waals surface area contributed by atoms with E-state index in [0.29, 0.717) is 19.1 Å². The topological polar surface area (TPSA) is 52.6 Å². The molecular weight excluding hydrogens is 280 g/mol. The van der Waals surface area contributed by atoms with Gasteiger partial charge in [0.2, 0.25) is 0 Å². The van der Waals surface area contributed by atoms with Crippen molar-refractivity contribution in [3.63, 3.8) is 0 Å². The number of hydrogen-bond acceptors (Lipinski definition) is 4. The van der Waals surface area contributed by atoms with Crippen molar-refractivity contribution >= 4 is 11.9 Å². The lowest BCUT2D eigenvalue weighted by molar-refractivity contribution is -0.157. The Hall–Kier alpha value is -1.06. The number of carbonyl (C=O) groups is 2. The highest BCUT2D eigenvalue weighted by molar-refractivity contribution is 5.80. The monoisotopic (exact) mass is 312 g/mol. The zero-order valence-electron chi connectivity index (χ0n) is 14.4. The van der Waals surface area contributed by atoms with Gasteiger partial charge in [0.1, 0.15) is 0 Å². The maximum absolute atomic E-state index is 12.3. The third-order valence-electron chi connectivity index (χ3n) is 4.69. The van der Waals surface area contributed by atoms with Crippen molar-refractivity contribution in [3.8, 4) is 0 Å². The third kappa shape index (κ3) is 5.98. The molecule has 0 radical (unpaired) electrons. The molecule has 1 fully saturated rings. The number of esters is 2. The van der Waals surface area contributed by atoms with E-state index in [0.717, 1.165) is 19.3 Å². The van der Waals surface area contributed by atoms with E-state index < -0.39 is 0 Å². The summed E-state index contributed by atoms with van der Waals surface area (Å²) in [6.45, 7) is 6.53. The van der Waals surface area contributed by atoms with Gasteiger partial charge in [0, 0.05) is 0 Å². The van der Waals surface area contributed by atoms with Crippen molar-refractivity contribution in [1.82, 2.24) is 0 Å². The highest BCUT2D eigenvalue weighted by atomic mass is 16.5. The van der Waals surface area contributed by atoms with Crippen molar-refractivity contribution < 1.29 is 19.1 Å². The molecule has 0 spiro atoms. The summed E-state index contributed by atoms with van der Waals surface area (Å²) in [6, 6.07) is 0. The summed E-state index contributed by atoms with van der Waals surface area (Å²) in [6.07, 6.45) is 8.35. The molecular formula is C18H32O4. The van der Waals surface area contributed by atoms with Crippen molar-refractivity contribution in [3.05, 3.63) is 0 Å². The fraction of sp³-hybridized carbons (Fsp3) is 0.889. The Bertz CT molecular complexity index is 340. The van der Waals surface area contributed by atoms with Crippen LogP contribution in [0.25, 0.3) is 0 Å². The Morgan fingerprint density at radius 1 is 1.05 bits per heavy atom. The predicted octanol–water partition coefficient (Wildman–Crippen LogP) is 4.12. The number of carbonyl (C=O) groups excluding carboxylic acids is 2. The second-order valence-corrected chi connectivity index (χ2v) is 6.22. The molecule has 0 aromatic heterocycles. The summed E-state index contributed by atoms with van der Waals surface area (Å²) < 4.78 is 10.3. The standard InChI is InChI=1S/C18H32O4/c1-4-7-8-10-14-11-9-12-15(14)16(18(20)22-6-3)13-17(19)21-5-2/h14-16H,4-13H2,1-3H3. The molecule has 0 amide bonds. The minimum atomic E-state index is -0.326. The first-order chi connectivity index (χ1) is 10.6. The molecule has 1 aliphatic rings. The molecule has 1 saturated carbocycles. The Morgan fingerprint density at radius 2 is 1.77 bits per heavy atom. The van der Waals surface area contributed by atoms with Crippen LogP contribution in [0.3, 0.4) is 0 Å². The lowest BCUT2D eigenvalue weighted by Crippen LogP contribution is -2.31. The second-order valence-electron chi connectivity index (χ2n) is 6.22. The van der Waals surface area contributed by atoms with Crippen LogP contribution in [-0.4, -0.2) is 25.2 Å². The van der Waals surface area contributed by atoms with Crippen LogP contribution >= 0.6 is 0 Å². The zero-order chi connectivity index (χ0) is 16.4. The highest BCUT2D eigenvalue weighted by Crippen LogP contribution is 2.41. The highest BCUT2D eigenvalue weighted by Gasteiger charge is 2.39. The van der Waals surface area contributed by atoms with Crippen LogP contribution < -0.4 is 0 Å². The molecule has 0 N–H and O–H groups in total. The molecule has 1 aliphatic carbocycles. The number of rotatable bonds is 10. The first-order valence-electron chi connectivity index (χ1n) is 8.96. The second kappa shape index (κ2) is 10.6. The molecule has 4 heteroatoms. The molecule has 4 nitrogen and oxygen atoms in total. The van der Waals surface area contributed by atoms with Gasteiger partial charge in [-0.1, -0.05) is 45.4 Å². The molecule has 3 unspecified atom stereocenters. The van der Waals surface area contributed by atoms with Gasteiger partial charge in [-0.2, -0.15) is 0 Å². The fourth-order valence-electron chi connectivity index (χ4n) is 3.67. The van der Waals surface area contributed by atoms with Gasteiger partial charge in [-0.3, -0.25) is 9.59 Å².